The van der Waals surface area contributed by atoms with Gasteiger partial charge in [-0.25, -0.2) is 0 Å². The normalized spacial score (nSPS) is 17.5. The lowest BCUT2D eigenvalue weighted by molar-refractivity contribution is -0.181. The first kappa shape index (κ1) is 12.3. The number of ether oxygens (including phenoxy) is 2. The van der Waals surface area contributed by atoms with E-state index in [0.29, 0.717) is 6.61 Å². The summed E-state index contributed by atoms with van der Waals surface area (Å²) >= 11 is 0. The van der Waals surface area contributed by atoms with Crippen molar-refractivity contribution in [2.24, 2.45) is 0 Å². The Kier molecular flexibility index (Phi) is 3.10. The first-order chi connectivity index (χ1) is 7.98. The Hall–Kier alpha value is -1.13. The molecule has 4 nitrogen and oxygen atoms in total. The summed E-state index contributed by atoms with van der Waals surface area (Å²) in [7, 11) is 0. The Morgan fingerprint density at radius 2 is 2.12 bits per heavy atom. The molecule has 94 valence electrons. The average Bonchev–Trinajstić information content (AvgIpc) is 2.28. The van der Waals surface area contributed by atoms with Crippen LogP contribution in [-0.4, -0.2) is 15.9 Å². The minimum absolute atomic E-state index is 0.0219. The predicted octanol–water partition coefficient (Wildman–Crippen LogP) is 2.09. The zero-order chi connectivity index (χ0) is 12.6. The molecule has 2 heterocycles. The third kappa shape index (κ3) is 2.15. The number of fused-ring (bicyclic) bond motifs is 1. The number of aliphatic hydroxyl groups excluding tert-OH is 1. The van der Waals surface area contributed by atoms with Crippen LogP contribution >= 0.6 is 0 Å². The fourth-order valence-electron chi connectivity index (χ4n) is 2.14. The number of aliphatic hydroxyl groups is 1. The molecule has 0 saturated carbocycles. The van der Waals surface area contributed by atoms with Crippen molar-refractivity contribution < 1.29 is 14.6 Å². The first-order valence-electron chi connectivity index (χ1n) is 5.93. The Bertz CT molecular complexity index is 441. The van der Waals surface area contributed by atoms with Crippen molar-refractivity contribution in [2.45, 2.75) is 53.1 Å². The standard InChI is InChI=1S/C13H19NO3/c1-5-11-9(6-15)10-7-16-13(3,4)17-12(10)8(2)14-11/h15H,5-7H2,1-4H3. The molecule has 0 radical (unpaired) electrons. The van der Waals surface area contributed by atoms with E-state index >= 15 is 0 Å². The second-order valence-electron chi connectivity index (χ2n) is 4.73. The van der Waals surface area contributed by atoms with Crippen LogP contribution in [0.15, 0.2) is 0 Å². The van der Waals surface area contributed by atoms with Crippen LogP contribution in [0.25, 0.3) is 0 Å². The van der Waals surface area contributed by atoms with Gasteiger partial charge in [-0.3, -0.25) is 4.98 Å². The topological polar surface area (TPSA) is 51.6 Å². The van der Waals surface area contributed by atoms with E-state index in [2.05, 4.69) is 4.98 Å². The van der Waals surface area contributed by atoms with Gasteiger partial charge in [-0.1, -0.05) is 6.92 Å². The fraction of sp³-hybridized carbons (Fsp3) is 0.615. The number of rotatable bonds is 2. The van der Waals surface area contributed by atoms with Gasteiger partial charge in [0.05, 0.1) is 18.9 Å². The lowest BCUT2D eigenvalue weighted by Crippen LogP contribution is -2.36. The van der Waals surface area contributed by atoms with Crippen LogP contribution in [0.2, 0.25) is 0 Å². The zero-order valence-corrected chi connectivity index (χ0v) is 10.8. The molecule has 2 rings (SSSR count). The van der Waals surface area contributed by atoms with Gasteiger partial charge in [0.25, 0.3) is 0 Å². The van der Waals surface area contributed by atoms with Crippen LogP contribution in [0.3, 0.4) is 0 Å². The Balaban J connectivity index is 2.57. The molecule has 0 fully saturated rings. The predicted molar refractivity (Wildman–Crippen MR) is 63.8 cm³/mol. The monoisotopic (exact) mass is 237 g/mol. The van der Waals surface area contributed by atoms with Gasteiger partial charge in [-0.2, -0.15) is 0 Å². The Morgan fingerprint density at radius 1 is 1.41 bits per heavy atom. The summed E-state index contributed by atoms with van der Waals surface area (Å²) in [6.45, 7) is 8.16. The maximum absolute atomic E-state index is 9.48. The third-order valence-corrected chi connectivity index (χ3v) is 3.02. The van der Waals surface area contributed by atoms with Crippen LogP contribution in [0, 0.1) is 6.92 Å². The molecule has 1 aliphatic rings. The molecule has 0 unspecified atom stereocenters. The summed E-state index contributed by atoms with van der Waals surface area (Å²) in [5.74, 6) is 0.141. The minimum atomic E-state index is -0.625. The van der Waals surface area contributed by atoms with Crippen LogP contribution in [0.4, 0.5) is 0 Å². The van der Waals surface area contributed by atoms with E-state index in [1.807, 2.05) is 27.7 Å². The van der Waals surface area contributed by atoms with Crippen molar-refractivity contribution in [1.82, 2.24) is 4.98 Å². The third-order valence-electron chi connectivity index (χ3n) is 3.02. The Labute approximate surface area is 102 Å². The molecular weight excluding hydrogens is 218 g/mol. The number of hydrogen-bond donors (Lipinski definition) is 1. The number of aryl methyl sites for hydroxylation is 2. The number of pyridine rings is 1. The van der Waals surface area contributed by atoms with Gasteiger partial charge >= 0.3 is 0 Å². The molecule has 0 aromatic carbocycles. The Morgan fingerprint density at radius 3 is 2.71 bits per heavy atom. The SMILES string of the molecule is CCc1nc(C)c2c(c1CO)COC(C)(C)O2. The summed E-state index contributed by atoms with van der Waals surface area (Å²) < 4.78 is 11.4. The molecule has 0 saturated heterocycles. The highest BCUT2D eigenvalue weighted by molar-refractivity contribution is 5.45. The van der Waals surface area contributed by atoms with Gasteiger partial charge in [0.15, 0.2) is 0 Å². The van der Waals surface area contributed by atoms with E-state index in [9.17, 15) is 5.11 Å². The van der Waals surface area contributed by atoms with E-state index in [1.54, 1.807) is 0 Å². The highest BCUT2D eigenvalue weighted by Crippen LogP contribution is 2.36. The van der Waals surface area contributed by atoms with Crippen LogP contribution in [0.1, 0.15) is 43.3 Å². The number of hydrogen-bond acceptors (Lipinski definition) is 4. The van der Waals surface area contributed by atoms with Crippen LogP contribution in [0.5, 0.6) is 5.75 Å². The van der Waals surface area contributed by atoms with Crippen molar-refractivity contribution >= 4 is 0 Å². The van der Waals surface area contributed by atoms with Crippen molar-refractivity contribution in [1.29, 1.82) is 0 Å². The summed E-state index contributed by atoms with van der Waals surface area (Å²) in [5.41, 5.74) is 3.58. The van der Waals surface area contributed by atoms with Crippen LogP contribution < -0.4 is 4.74 Å². The molecule has 0 atom stereocenters. The second-order valence-corrected chi connectivity index (χ2v) is 4.73. The van der Waals surface area contributed by atoms with E-state index < -0.39 is 5.79 Å². The van der Waals surface area contributed by atoms with Gasteiger partial charge in [0.1, 0.15) is 5.75 Å². The number of nitrogens with zero attached hydrogens (tertiary/aromatic N) is 1. The molecule has 0 spiro atoms. The van der Waals surface area contributed by atoms with E-state index in [4.69, 9.17) is 9.47 Å². The van der Waals surface area contributed by atoms with Gasteiger partial charge in [0.2, 0.25) is 5.79 Å². The van der Waals surface area contributed by atoms with Crippen molar-refractivity contribution in [2.75, 3.05) is 0 Å². The van der Waals surface area contributed by atoms with Gasteiger partial charge in [-0.05, 0) is 13.3 Å². The molecule has 4 heteroatoms. The van der Waals surface area contributed by atoms with E-state index in [0.717, 1.165) is 34.7 Å². The van der Waals surface area contributed by atoms with E-state index in [-0.39, 0.29) is 6.61 Å². The fourth-order valence-corrected chi connectivity index (χ4v) is 2.14. The van der Waals surface area contributed by atoms with Gasteiger partial charge in [0, 0.05) is 30.7 Å². The van der Waals surface area contributed by atoms with Crippen molar-refractivity contribution in [3.05, 3.63) is 22.5 Å². The molecule has 0 aliphatic carbocycles. The van der Waals surface area contributed by atoms with Crippen LogP contribution in [-0.2, 0) is 24.4 Å². The number of aromatic nitrogens is 1. The molecule has 1 aromatic rings. The van der Waals surface area contributed by atoms with Crippen molar-refractivity contribution in [3.63, 3.8) is 0 Å². The quantitative estimate of drug-likeness (QED) is 0.855. The molecule has 0 bridgehead atoms. The lowest BCUT2D eigenvalue weighted by Gasteiger charge is -2.34. The van der Waals surface area contributed by atoms with Gasteiger partial charge < -0.3 is 14.6 Å². The smallest absolute Gasteiger partial charge is 0.205 e. The lowest BCUT2D eigenvalue weighted by atomic mass is 10.0. The highest BCUT2D eigenvalue weighted by Gasteiger charge is 2.31. The molecule has 1 N–H and O–H groups in total. The molecular formula is C13H19NO3. The largest absolute Gasteiger partial charge is 0.461 e. The summed E-state index contributed by atoms with van der Waals surface area (Å²) in [5, 5.41) is 9.48. The highest BCUT2D eigenvalue weighted by atomic mass is 16.7. The minimum Gasteiger partial charge on any atom is -0.461 e. The average molecular weight is 237 g/mol. The summed E-state index contributed by atoms with van der Waals surface area (Å²) in [4.78, 5) is 4.50. The van der Waals surface area contributed by atoms with Gasteiger partial charge in [-0.15, -0.1) is 0 Å². The van der Waals surface area contributed by atoms with E-state index in [1.165, 1.54) is 0 Å². The molecule has 0 amide bonds. The first-order valence-corrected chi connectivity index (χ1v) is 5.93. The summed E-state index contributed by atoms with van der Waals surface area (Å²) in [6, 6.07) is 0. The second kappa shape index (κ2) is 4.27. The molecule has 1 aliphatic heterocycles. The molecule has 1 aromatic heterocycles. The summed E-state index contributed by atoms with van der Waals surface area (Å²) in [6.07, 6.45) is 0.799. The maximum Gasteiger partial charge on any atom is 0.205 e. The molecule has 17 heavy (non-hydrogen) atoms. The zero-order valence-electron chi connectivity index (χ0n) is 10.8. The maximum atomic E-state index is 9.48. The van der Waals surface area contributed by atoms with Crippen molar-refractivity contribution in [3.8, 4) is 5.75 Å².